The van der Waals surface area contributed by atoms with Crippen molar-refractivity contribution in [3.05, 3.63) is 59.3 Å². The van der Waals surface area contributed by atoms with Crippen LogP contribution in [0.25, 0.3) is 0 Å². The highest BCUT2D eigenvalue weighted by Gasteiger charge is 2.03. The summed E-state index contributed by atoms with van der Waals surface area (Å²) in [6, 6.07) is 12.2. The molecule has 0 aliphatic heterocycles. The van der Waals surface area contributed by atoms with Crippen LogP contribution in [0.15, 0.2) is 42.6 Å². The fraction of sp³-hybridized carbons (Fsp3) is 0.294. The SMILES string of the molecule is Cc1ccc(CCCC(=O)Nc2ccc(C)cn2)cc1. The summed E-state index contributed by atoms with van der Waals surface area (Å²) in [5.41, 5.74) is 3.62. The minimum Gasteiger partial charge on any atom is -0.311 e. The van der Waals surface area contributed by atoms with E-state index in [9.17, 15) is 4.79 Å². The largest absolute Gasteiger partial charge is 0.311 e. The Morgan fingerprint density at radius 3 is 2.40 bits per heavy atom. The number of carbonyl (C=O) groups excluding carboxylic acids is 1. The lowest BCUT2D eigenvalue weighted by Gasteiger charge is -2.05. The lowest BCUT2D eigenvalue weighted by Crippen LogP contribution is -2.12. The first-order valence-electron chi connectivity index (χ1n) is 6.91. The second kappa shape index (κ2) is 6.85. The highest BCUT2D eigenvalue weighted by Crippen LogP contribution is 2.09. The molecular weight excluding hydrogens is 248 g/mol. The number of benzene rings is 1. The van der Waals surface area contributed by atoms with Crippen LogP contribution in [-0.4, -0.2) is 10.9 Å². The number of carbonyl (C=O) groups is 1. The van der Waals surface area contributed by atoms with Gasteiger partial charge in [-0.05, 0) is 43.9 Å². The topological polar surface area (TPSA) is 42.0 Å². The predicted molar refractivity (Wildman–Crippen MR) is 81.7 cm³/mol. The molecule has 1 aromatic heterocycles. The van der Waals surface area contributed by atoms with Gasteiger partial charge in [0.1, 0.15) is 5.82 Å². The lowest BCUT2D eigenvalue weighted by molar-refractivity contribution is -0.116. The molecule has 2 rings (SSSR count). The second-order valence-corrected chi connectivity index (χ2v) is 5.11. The summed E-state index contributed by atoms with van der Waals surface area (Å²) in [5.74, 6) is 0.643. The Bertz CT molecular complexity index is 559. The highest BCUT2D eigenvalue weighted by molar-refractivity contribution is 5.89. The summed E-state index contributed by atoms with van der Waals surface area (Å²) in [7, 11) is 0. The Labute approximate surface area is 120 Å². The van der Waals surface area contributed by atoms with Gasteiger partial charge in [0.25, 0.3) is 0 Å². The van der Waals surface area contributed by atoms with E-state index in [1.807, 2.05) is 19.1 Å². The predicted octanol–water partition coefficient (Wildman–Crippen LogP) is 3.66. The molecule has 0 aliphatic rings. The van der Waals surface area contributed by atoms with E-state index in [0.29, 0.717) is 12.2 Å². The second-order valence-electron chi connectivity index (χ2n) is 5.11. The van der Waals surface area contributed by atoms with E-state index >= 15 is 0 Å². The zero-order valence-corrected chi connectivity index (χ0v) is 12.0. The third kappa shape index (κ3) is 4.50. The van der Waals surface area contributed by atoms with Gasteiger partial charge in [-0.15, -0.1) is 0 Å². The number of amides is 1. The van der Waals surface area contributed by atoms with E-state index in [1.165, 1.54) is 11.1 Å². The van der Waals surface area contributed by atoms with E-state index in [-0.39, 0.29) is 5.91 Å². The molecule has 0 atom stereocenters. The van der Waals surface area contributed by atoms with Gasteiger partial charge in [-0.2, -0.15) is 0 Å². The fourth-order valence-electron chi connectivity index (χ4n) is 1.95. The van der Waals surface area contributed by atoms with Gasteiger partial charge in [-0.1, -0.05) is 35.9 Å². The van der Waals surface area contributed by atoms with Crippen molar-refractivity contribution in [2.24, 2.45) is 0 Å². The first-order chi connectivity index (χ1) is 9.63. The van der Waals surface area contributed by atoms with Crippen LogP contribution in [0.3, 0.4) is 0 Å². The summed E-state index contributed by atoms with van der Waals surface area (Å²) in [5, 5.41) is 2.81. The van der Waals surface area contributed by atoms with Crippen LogP contribution < -0.4 is 5.32 Å². The molecule has 0 fully saturated rings. The number of pyridine rings is 1. The Balaban J connectivity index is 1.75. The van der Waals surface area contributed by atoms with Crippen molar-refractivity contribution in [1.82, 2.24) is 4.98 Å². The van der Waals surface area contributed by atoms with E-state index in [4.69, 9.17) is 0 Å². The monoisotopic (exact) mass is 268 g/mol. The summed E-state index contributed by atoms with van der Waals surface area (Å²) >= 11 is 0. The number of hydrogen-bond donors (Lipinski definition) is 1. The molecule has 20 heavy (non-hydrogen) atoms. The van der Waals surface area contributed by atoms with E-state index in [2.05, 4.69) is 41.5 Å². The van der Waals surface area contributed by atoms with Crippen LogP contribution in [0.4, 0.5) is 5.82 Å². The molecule has 0 saturated heterocycles. The summed E-state index contributed by atoms with van der Waals surface area (Å²) in [6.45, 7) is 4.05. The standard InChI is InChI=1S/C17H20N2O/c1-13-6-9-15(10-7-13)4-3-5-17(20)19-16-11-8-14(2)12-18-16/h6-12H,3-5H2,1-2H3,(H,18,19,20). The van der Waals surface area contributed by atoms with Crippen molar-refractivity contribution in [1.29, 1.82) is 0 Å². The van der Waals surface area contributed by atoms with Gasteiger partial charge in [0.15, 0.2) is 0 Å². The Kier molecular flexibility index (Phi) is 4.88. The summed E-state index contributed by atoms with van der Waals surface area (Å²) in [6.07, 6.45) is 4.04. The zero-order valence-electron chi connectivity index (χ0n) is 12.0. The van der Waals surface area contributed by atoms with Gasteiger partial charge in [-0.3, -0.25) is 4.79 Å². The van der Waals surface area contributed by atoms with Crippen LogP contribution >= 0.6 is 0 Å². The molecule has 0 bridgehead atoms. The molecule has 0 spiro atoms. The van der Waals surface area contributed by atoms with E-state index in [0.717, 1.165) is 18.4 Å². The molecule has 2 aromatic rings. The number of aryl methyl sites for hydroxylation is 3. The molecule has 1 heterocycles. The van der Waals surface area contributed by atoms with Crippen LogP contribution in [0.5, 0.6) is 0 Å². The minimum absolute atomic E-state index is 0.0217. The number of hydrogen-bond acceptors (Lipinski definition) is 2. The fourth-order valence-corrected chi connectivity index (χ4v) is 1.95. The van der Waals surface area contributed by atoms with Crippen molar-refractivity contribution in [3.8, 4) is 0 Å². The van der Waals surface area contributed by atoms with Crippen LogP contribution in [0.1, 0.15) is 29.5 Å². The molecule has 0 radical (unpaired) electrons. The highest BCUT2D eigenvalue weighted by atomic mass is 16.1. The first kappa shape index (κ1) is 14.3. The van der Waals surface area contributed by atoms with Crippen LogP contribution in [-0.2, 0) is 11.2 Å². The molecule has 3 heteroatoms. The number of nitrogens with zero attached hydrogens (tertiary/aromatic N) is 1. The number of nitrogens with one attached hydrogen (secondary N) is 1. The van der Waals surface area contributed by atoms with Crippen molar-refractivity contribution >= 4 is 11.7 Å². The minimum atomic E-state index is 0.0217. The Morgan fingerprint density at radius 2 is 1.75 bits per heavy atom. The quantitative estimate of drug-likeness (QED) is 0.899. The third-order valence-corrected chi connectivity index (χ3v) is 3.17. The normalized spacial score (nSPS) is 10.3. The molecule has 1 aromatic carbocycles. The van der Waals surface area contributed by atoms with Gasteiger partial charge >= 0.3 is 0 Å². The summed E-state index contributed by atoms with van der Waals surface area (Å²) in [4.78, 5) is 16.0. The van der Waals surface area contributed by atoms with E-state index < -0.39 is 0 Å². The molecule has 1 N–H and O–H groups in total. The van der Waals surface area contributed by atoms with Crippen molar-refractivity contribution in [2.75, 3.05) is 5.32 Å². The van der Waals surface area contributed by atoms with Gasteiger partial charge < -0.3 is 5.32 Å². The van der Waals surface area contributed by atoms with Gasteiger partial charge in [0, 0.05) is 12.6 Å². The average Bonchev–Trinajstić information content (AvgIpc) is 2.44. The maximum atomic E-state index is 11.8. The average molecular weight is 268 g/mol. The van der Waals surface area contributed by atoms with Crippen LogP contribution in [0, 0.1) is 13.8 Å². The maximum Gasteiger partial charge on any atom is 0.225 e. The summed E-state index contributed by atoms with van der Waals surface area (Å²) < 4.78 is 0. The van der Waals surface area contributed by atoms with Gasteiger partial charge in [-0.25, -0.2) is 4.98 Å². The zero-order chi connectivity index (χ0) is 14.4. The molecule has 0 aliphatic carbocycles. The van der Waals surface area contributed by atoms with E-state index in [1.54, 1.807) is 6.20 Å². The van der Waals surface area contributed by atoms with Crippen molar-refractivity contribution < 1.29 is 4.79 Å². The molecule has 0 unspecified atom stereocenters. The van der Waals surface area contributed by atoms with Gasteiger partial charge in [0.2, 0.25) is 5.91 Å². The Morgan fingerprint density at radius 1 is 1.05 bits per heavy atom. The Hall–Kier alpha value is -2.16. The number of rotatable bonds is 5. The number of aromatic nitrogens is 1. The third-order valence-electron chi connectivity index (χ3n) is 3.17. The van der Waals surface area contributed by atoms with Crippen molar-refractivity contribution in [3.63, 3.8) is 0 Å². The molecule has 1 amide bonds. The molecule has 0 saturated carbocycles. The van der Waals surface area contributed by atoms with Crippen LogP contribution in [0.2, 0.25) is 0 Å². The molecular formula is C17H20N2O. The lowest BCUT2D eigenvalue weighted by atomic mass is 10.1. The maximum absolute atomic E-state index is 11.8. The molecule has 3 nitrogen and oxygen atoms in total. The van der Waals surface area contributed by atoms with Crippen molar-refractivity contribution in [2.45, 2.75) is 33.1 Å². The first-order valence-corrected chi connectivity index (χ1v) is 6.91. The smallest absolute Gasteiger partial charge is 0.225 e. The molecule has 104 valence electrons. The van der Waals surface area contributed by atoms with Gasteiger partial charge in [0.05, 0.1) is 0 Å². The number of anilines is 1.